The van der Waals surface area contributed by atoms with E-state index in [0.717, 1.165) is 5.69 Å². The number of nitrogens with one attached hydrogen (secondary N) is 3. The first kappa shape index (κ1) is 42.0. The normalized spacial score (nSPS) is 11.8. The summed E-state index contributed by atoms with van der Waals surface area (Å²) in [6, 6.07) is 5.72. The van der Waals surface area contributed by atoms with Crippen molar-refractivity contribution in [2.75, 3.05) is 83.3 Å². The van der Waals surface area contributed by atoms with Gasteiger partial charge in [-0.05, 0) is 51.5 Å². The van der Waals surface area contributed by atoms with Crippen molar-refractivity contribution in [1.29, 1.82) is 0 Å². The summed E-state index contributed by atoms with van der Waals surface area (Å²) in [6.45, 7) is 8.31. The number of fused-ring (bicyclic) bond motifs is 1. The molecule has 0 unspecified atom stereocenters. The number of anilines is 3. The van der Waals surface area contributed by atoms with Crippen LogP contribution < -0.4 is 32.3 Å². The Bertz CT molecular complexity index is 1650. The summed E-state index contributed by atoms with van der Waals surface area (Å²) in [5.74, 6) is -1.32. The molecular weight excluding hydrogens is 692 g/mol. The molecule has 7 N–H and O–H groups in total. The van der Waals surface area contributed by atoms with E-state index in [-0.39, 0.29) is 43.7 Å². The average Bonchev–Trinajstić information content (AvgIpc) is 3.11. The molecule has 0 saturated carbocycles. The Morgan fingerprint density at radius 2 is 1.49 bits per heavy atom. The number of nitrogen functional groups attached to an aromatic ring is 2. The first-order chi connectivity index (χ1) is 25.3. The lowest BCUT2D eigenvalue weighted by Crippen LogP contribution is -2.42. The summed E-state index contributed by atoms with van der Waals surface area (Å²) in [7, 11) is 3.06. The molecule has 53 heavy (non-hydrogen) atoms. The van der Waals surface area contributed by atoms with Crippen LogP contribution in [-0.4, -0.2) is 122 Å². The van der Waals surface area contributed by atoms with Crippen LogP contribution in [0.15, 0.2) is 30.5 Å². The van der Waals surface area contributed by atoms with Crippen molar-refractivity contribution in [3.8, 4) is 0 Å². The molecule has 3 aromatic rings. The SMILES string of the molecule is COC(=O)[C@H](CCC(=O)NCCOCCOCCOCCNC(=O)OC(C)(C)C)NC(=O)c1ccc(N(C)Cc2cnc3nc(N)nc(N)c3n2)cc1. The highest BCUT2D eigenvalue weighted by atomic mass is 16.6. The monoisotopic (exact) mass is 742 g/mol. The summed E-state index contributed by atoms with van der Waals surface area (Å²) in [5.41, 5.74) is 13.4. The molecule has 0 radical (unpaired) electrons. The molecule has 0 bridgehead atoms. The van der Waals surface area contributed by atoms with Gasteiger partial charge >= 0.3 is 12.1 Å². The van der Waals surface area contributed by atoms with Crippen LogP contribution >= 0.6 is 0 Å². The number of alkyl carbamates (subject to hydrolysis) is 1. The number of amides is 3. The lowest BCUT2D eigenvalue weighted by molar-refractivity contribution is -0.143. The minimum atomic E-state index is -1.03. The number of ether oxygens (including phenoxy) is 5. The fourth-order valence-corrected chi connectivity index (χ4v) is 4.60. The van der Waals surface area contributed by atoms with E-state index in [1.54, 1.807) is 51.2 Å². The highest BCUT2D eigenvalue weighted by molar-refractivity contribution is 5.97. The molecular formula is C34H50N10O9. The van der Waals surface area contributed by atoms with Crippen LogP contribution in [0, 0.1) is 0 Å². The molecule has 19 heteroatoms. The maximum Gasteiger partial charge on any atom is 0.407 e. The number of nitrogens with two attached hydrogens (primary N) is 2. The summed E-state index contributed by atoms with van der Waals surface area (Å²) in [6.07, 6.45) is 1.09. The van der Waals surface area contributed by atoms with Gasteiger partial charge in [-0.15, -0.1) is 0 Å². The van der Waals surface area contributed by atoms with Gasteiger partial charge in [0.05, 0.1) is 65.2 Å². The summed E-state index contributed by atoms with van der Waals surface area (Å²) >= 11 is 0. The summed E-state index contributed by atoms with van der Waals surface area (Å²) < 4.78 is 26.3. The minimum absolute atomic E-state index is 0.0164. The van der Waals surface area contributed by atoms with Gasteiger partial charge in [0.1, 0.15) is 11.6 Å². The summed E-state index contributed by atoms with van der Waals surface area (Å²) in [4.78, 5) is 68.0. The van der Waals surface area contributed by atoms with Crippen LogP contribution in [-0.2, 0) is 39.8 Å². The predicted octanol–water partition coefficient (Wildman–Crippen LogP) is 0.963. The number of hydrogen-bond acceptors (Lipinski definition) is 16. The minimum Gasteiger partial charge on any atom is -0.467 e. The second kappa shape index (κ2) is 21.2. The highest BCUT2D eigenvalue weighted by Gasteiger charge is 2.23. The smallest absolute Gasteiger partial charge is 0.407 e. The molecule has 290 valence electrons. The van der Waals surface area contributed by atoms with Crippen LogP contribution in [0.5, 0.6) is 0 Å². The van der Waals surface area contributed by atoms with Crippen molar-refractivity contribution in [1.82, 2.24) is 35.9 Å². The van der Waals surface area contributed by atoms with Gasteiger partial charge in [-0.2, -0.15) is 9.97 Å². The molecule has 1 aromatic carbocycles. The number of methoxy groups -OCH3 is 1. The van der Waals surface area contributed by atoms with E-state index >= 15 is 0 Å². The van der Waals surface area contributed by atoms with Gasteiger partial charge in [-0.3, -0.25) is 9.59 Å². The molecule has 0 spiro atoms. The molecule has 3 amide bonds. The molecule has 0 fully saturated rings. The van der Waals surface area contributed by atoms with Crippen LogP contribution in [0.1, 0.15) is 49.7 Å². The van der Waals surface area contributed by atoms with Crippen LogP contribution in [0.3, 0.4) is 0 Å². The number of nitrogens with zero attached hydrogens (tertiary/aromatic N) is 5. The first-order valence-corrected chi connectivity index (χ1v) is 17.0. The number of hydrogen-bond donors (Lipinski definition) is 5. The molecule has 0 aliphatic carbocycles. The number of benzene rings is 1. The quantitative estimate of drug-likeness (QED) is 0.0752. The summed E-state index contributed by atoms with van der Waals surface area (Å²) in [5, 5.41) is 7.98. The van der Waals surface area contributed by atoms with Crippen molar-refractivity contribution in [3.05, 3.63) is 41.7 Å². The Balaban J connectivity index is 1.30. The topological polar surface area (TPSA) is 257 Å². The van der Waals surface area contributed by atoms with Gasteiger partial charge in [-0.1, -0.05) is 0 Å². The van der Waals surface area contributed by atoms with Gasteiger partial charge in [0.25, 0.3) is 5.91 Å². The second-order valence-electron chi connectivity index (χ2n) is 12.6. The molecule has 19 nitrogen and oxygen atoms in total. The Hall–Kier alpha value is -5.40. The van der Waals surface area contributed by atoms with Crippen LogP contribution in [0.4, 0.5) is 22.2 Å². The van der Waals surface area contributed by atoms with Crippen molar-refractivity contribution < 1.29 is 42.9 Å². The fraction of sp³-hybridized carbons (Fsp3) is 0.529. The predicted molar refractivity (Wildman–Crippen MR) is 195 cm³/mol. The number of carbonyl (C=O) groups excluding carboxylic acids is 4. The third-order valence-corrected chi connectivity index (χ3v) is 7.15. The van der Waals surface area contributed by atoms with E-state index in [9.17, 15) is 19.2 Å². The van der Waals surface area contributed by atoms with Gasteiger partial charge in [-0.25, -0.2) is 19.6 Å². The van der Waals surface area contributed by atoms with E-state index in [4.69, 9.17) is 35.2 Å². The standard InChI is InChI=1S/C34H50N10O9/c1-34(2,3)53-33(48)38-13-15-51-17-19-52-18-16-50-14-12-37-26(45)11-10-25(31(47)49-5)41-30(46)22-6-8-24(9-7-22)44(4)21-23-20-39-29-27(40-23)28(35)42-32(36)43-29/h6-9,20,25H,10-19,21H2,1-5H3,(H,37,45)(H,38,48)(H,41,46)(H4,35,36,39,42,43)/t25-/m0/s1. The van der Waals surface area contributed by atoms with Gasteiger partial charge < -0.3 is 56.0 Å². The fourth-order valence-electron chi connectivity index (χ4n) is 4.60. The zero-order chi connectivity index (χ0) is 38.8. The molecule has 0 aliphatic rings. The maximum atomic E-state index is 13.0. The Labute approximate surface area is 307 Å². The molecule has 0 saturated heterocycles. The largest absolute Gasteiger partial charge is 0.467 e. The molecule has 1 atom stereocenters. The van der Waals surface area contributed by atoms with Crippen molar-refractivity contribution >= 4 is 52.5 Å². The lowest BCUT2D eigenvalue weighted by Gasteiger charge is -2.20. The van der Waals surface area contributed by atoms with E-state index in [2.05, 4.69) is 35.9 Å². The first-order valence-electron chi connectivity index (χ1n) is 17.0. The lowest BCUT2D eigenvalue weighted by atomic mass is 10.1. The third kappa shape index (κ3) is 15.4. The second-order valence-corrected chi connectivity index (χ2v) is 12.6. The number of carbonyl (C=O) groups is 4. The Morgan fingerprint density at radius 3 is 2.11 bits per heavy atom. The third-order valence-electron chi connectivity index (χ3n) is 7.15. The Kier molecular flexibility index (Phi) is 16.8. The average molecular weight is 743 g/mol. The zero-order valence-electron chi connectivity index (χ0n) is 30.8. The van der Waals surface area contributed by atoms with E-state index in [1.165, 1.54) is 7.11 Å². The number of aromatic nitrogens is 4. The van der Waals surface area contributed by atoms with Crippen molar-refractivity contribution in [3.63, 3.8) is 0 Å². The van der Waals surface area contributed by atoms with Gasteiger partial charge in [0, 0.05) is 37.8 Å². The van der Waals surface area contributed by atoms with E-state index < -0.39 is 29.6 Å². The molecule has 2 aromatic heterocycles. The van der Waals surface area contributed by atoms with E-state index in [1.807, 2.05) is 11.9 Å². The highest BCUT2D eigenvalue weighted by Crippen LogP contribution is 2.19. The molecule has 3 rings (SSSR count). The van der Waals surface area contributed by atoms with Crippen molar-refractivity contribution in [2.24, 2.45) is 0 Å². The van der Waals surface area contributed by atoms with Gasteiger partial charge in [0.15, 0.2) is 17.0 Å². The van der Waals surface area contributed by atoms with Crippen molar-refractivity contribution in [2.45, 2.75) is 51.8 Å². The number of rotatable bonds is 21. The van der Waals surface area contributed by atoms with Crippen LogP contribution in [0.2, 0.25) is 0 Å². The van der Waals surface area contributed by atoms with E-state index in [0.29, 0.717) is 68.5 Å². The van der Waals surface area contributed by atoms with Gasteiger partial charge in [0.2, 0.25) is 11.9 Å². The zero-order valence-corrected chi connectivity index (χ0v) is 30.8. The Morgan fingerprint density at radius 1 is 0.868 bits per heavy atom. The molecule has 2 heterocycles. The molecule has 0 aliphatic heterocycles. The van der Waals surface area contributed by atoms with Crippen LogP contribution in [0.25, 0.3) is 11.2 Å². The number of esters is 1. The maximum absolute atomic E-state index is 13.0.